The van der Waals surface area contributed by atoms with Gasteiger partial charge in [0.15, 0.2) is 0 Å². The number of esters is 1. The van der Waals surface area contributed by atoms with Gasteiger partial charge in [-0.3, -0.25) is 14.9 Å². The van der Waals surface area contributed by atoms with Gasteiger partial charge >= 0.3 is 5.97 Å². The number of carbonyl (C=O) groups excluding carboxylic acids is 1. The van der Waals surface area contributed by atoms with E-state index >= 15 is 0 Å². The van der Waals surface area contributed by atoms with Crippen LogP contribution in [0.15, 0.2) is 24.3 Å². The van der Waals surface area contributed by atoms with Crippen LogP contribution in [0.5, 0.6) is 0 Å². The van der Waals surface area contributed by atoms with Crippen molar-refractivity contribution in [2.24, 2.45) is 0 Å². The van der Waals surface area contributed by atoms with Crippen LogP contribution in [0, 0.1) is 10.1 Å². The van der Waals surface area contributed by atoms with E-state index in [0.29, 0.717) is 36.2 Å². The highest BCUT2D eigenvalue weighted by atomic mass is 127. The number of rotatable bonds is 8. The summed E-state index contributed by atoms with van der Waals surface area (Å²) >= 11 is 0. The zero-order valence-corrected chi connectivity index (χ0v) is 15.4. The average Bonchev–Trinajstić information content (AvgIpc) is 2.38. The number of ether oxygens (including phenoxy) is 1. The zero-order chi connectivity index (χ0) is 15.9. The number of hydrogen-bond donors (Lipinski definition) is 0. The summed E-state index contributed by atoms with van der Waals surface area (Å²) in [4.78, 5) is 22.0. The summed E-state index contributed by atoms with van der Waals surface area (Å²) < 4.78 is 5.66. The maximum atomic E-state index is 11.3. The standard InChI is InChI=1S/C15H23N2O4.HI/c1-4-7-15(18)21-11-10-17(2,3)12-13-8-5-6-9-14(13)16(19)20;/h5-6,8-9H,4,7,10-12H2,1-3H3;1H/q+1;/p-1. The number of quaternary nitrogens is 1. The highest BCUT2D eigenvalue weighted by Crippen LogP contribution is 2.21. The Morgan fingerprint density at radius 2 is 1.95 bits per heavy atom. The molecule has 0 radical (unpaired) electrons. The fraction of sp³-hybridized carbons (Fsp3) is 0.533. The Balaban J connectivity index is 0.00000441. The molecule has 1 aromatic carbocycles. The molecule has 0 spiro atoms. The number of para-hydroxylation sites is 1. The molecule has 0 aliphatic carbocycles. The molecule has 0 fully saturated rings. The number of benzene rings is 1. The van der Waals surface area contributed by atoms with Gasteiger partial charge in [-0.05, 0) is 12.5 Å². The van der Waals surface area contributed by atoms with Gasteiger partial charge in [-0.15, -0.1) is 0 Å². The molecule has 1 rings (SSSR count). The van der Waals surface area contributed by atoms with Gasteiger partial charge in [0.05, 0.1) is 24.6 Å². The predicted molar refractivity (Wildman–Crippen MR) is 79.6 cm³/mol. The Bertz CT molecular complexity index is 506. The van der Waals surface area contributed by atoms with Gasteiger partial charge in [-0.25, -0.2) is 0 Å². The molecule has 0 heterocycles. The first kappa shape index (κ1) is 20.8. The monoisotopic (exact) mass is 422 g/mol. The molecule has 0 aliphatic rings. The Kier molecular flexibility index (Phi) is 9.19. The zero-order valence-electron chi connectivity index (χ0n) is 13.3. The Morgan fingerprint density at radius 1 is 1.32 bits per heavy atom. The van der Waals surface area contributed by atoms with E-state index in [4.69, 9.17) is 4.74 Å². The highest BCUT2D eigenvalue weighted by Gasteiger charge is 2.22. The second-order valence-corrected chi connectivity index (χ2v) is 5.67. The maximum Gasteiger partial charge on any atom is 0.305 e. The molecule has 0 aromatic heterocycles. The van der Waals surface area contributed by atoms with Crippen molar-refractivity contribution in [2.75, 3.05) is 27.2 Å². The third kappa shape index (κ3) is 7.17. The number of nitro benzene ring substituents is 1. The Hall–Kier alpha value is -1.22. The van der Waals surface area contributed by atoms with Gasteiger partial charge in [-0.2, -0.15) is 0 Å². The molecule has 0 bridgehead atoms. The lowest BCUT2D eigenvalue weighted by Gasteiger charge is -2.29. The summed E-state index contributed by atoms with van der Waals surface area (Å²) in [5.74, 6) is -0.191. The molecule has 7 heteroatoms. The van der Waals surface area contributed by atoms with Gasteiger partial charge in [0.2, 0.25) is 0 Å². The average molecular weight is 422 g/mol. The summed E-state index contributed by atoms with van der Waals surface area (Å²) in [5, 5.41) is 11.0. The van der Waals surface area contributed by atoms with Crippen molar-refractivity contribution in [3.05, 3.63) is 39.9 Å². The lowest BCUT2D eigenvalue weighted by atomic mass is 10.1. The number of nitro groups is 1. The smallest absolute Gasteiger partial charge is 0.305 e. The van der Waals surface area contributed by atoms with Gasteiger partial charge < -0.3 is 33.2 Å². The Labute approximate surface area is 148 Å². The van der Waals surface area contributed by atoms with Crippen LogP contribution in [0.1, 0.15) is 25.3 Å². The number of halogens is 1. The second-order valence-electron chi connectivity index (χ2n) is 5.67. The van der Waals surface area contributed by atoms with E-state index in [9.17, 15) is 14.9 Å². The summed E-state index contributed by atoms with van der Waals surface area (Å²) in [6, 6.07) is 6.73. The molecular formula is C15H23IN2O4. The molecule has 0 aliphatic heterocycles. The first-order chi connectivity index (χ1) is 9.85. The van der Waals surface area contributed by atoms with Crippen LogP contribution < -0.4 is 24.0 Å². The fourth-order valence-corrected chi connectivity index (χ4v) is 2.05. The van der Waals surface area contributed by atoms with Crippen molar-refractivity contribution in [1.82, 2.24) is 0 Å². The lowest BCUT2D eigenvalue weighted by molar-refractivity contribution is -0.903. The SMILES string of the molecule is CCCC(=O)OCC[N+](C)(C)Cc1ccccc1[N+](=O)[O-].[I-]. The number of likely N-dealkylation sites (N-methyl/N-ethyl adjacent to an activating group) is 1. The van der Waals surface area contributed by atoms with Crippen LogP contribution in [0.4, 0.5) is 5.69 Å². The van der Waals surface area contributed by atoms with Gasteiger partial charge in [-0.1, -0.05) is 19.1 Å². The lowest BCUT2D eigenvalue weighted by Crippen LogP contribution is -3.00. The molecule has 0 amide bonds. The van der Waals surface area contributed by atoms with Crippen LogP contribution in [0.25, 0.3) is 0 Å². The number of nitrogens with zero attached hydrogens (tertiary/aromatic N) is 2. The topological polar surface area (TPSA) is 69.4 Å². The van der Waals surface area contributed by atoms with E-state index in [0.717, 1.165) is 6.42 Å². The third-order valence-corrected chi connectivity index (χ3v) is 3.20. The van der Waals surface area contributed by atoms with E-state index < -0.39 is 0 Å². The molecule has 0 N–H and O–H groups in total. The maximum absolute atomic E-state index is 11.3. The van der Waals surface area contributed by atoms with Crippen molar-refractivity contribution in [3.8, 4) is 0 Å². The molecule has 1 aromatic rings. The van der Waals surface area contributed by atoms with Crippen molar-refractivity contribution in [3.63, 3.8) is 0 Å². The minimum absolute atomic E-state index is 0. The van der Waals surface area contributed by atoms with Crippen LogP contribution in [0.3, 0.4) is 0 Å². The van der Waals surface area contributed by atoms with E-state index in [1.807, 2.05) is 21.0 Å². The second kappa shape index (κ2) is 9.73. The summed E-state index contributed by atoms with van der Waals surface area (Å²) in [6.07, 6.45) is 1.20. The first-order valence-electron chi connectivity index (χ1n) is 7.05. The summed E-state index contributed by atoms with van der Waals surface area (Å²) in [5.41, 5.74) is 0.819. The number of hydrogen-bond acceptors (Lipinski definition) is 4. The first-order valence-corrected chi connectivity index (χ1v) is 7.05. The van der Waals surface area contributed by atoms with Crippen LogP contribution in [-0.2, 0) is 16.1 Å². The van der Waals surface area contributed by atoms with Crippen molar-refractivity contribution in [1.29, 1.82) is 0 Å². The van der Waals surface area contributed by atoms with Crippen LogP contribution in [0.2, 0.25) is 0 Å². The molecule has 124 valence electrons. The van der Waals surface area contributed by atoms with Gasteiger partial charge in [0, 0.05) is 12.5 Å². The van der Waals surface area contributed by atoms with Gasteiger partial charge in [0.25, 0.3) is 5.69 Å². The Morgan fingerprint density at radius 3 is 2.55 bits per heavy atom. The summed E-state index contributed by atoms with van der Waals surface area (Å²) in [6.45, 7) is 3.38. The third-order valence-electron chi connectivity index (χ3n) is 3.20. The molecule has 0 atom stereocenters. The quantitative estimate of drug-likeness (QED) is 0.187. The van der Waals surface area contributed by atoms with Crippen molar-refractivity contribution < 1.29 is 42.9 Å². The van der Waals surface area contributed by atoms with Crippen molar-refractivity contribution in [2.45, 2.75) is 26.3 Å². The minimum Gasteiger partial charge on any atom is -1.00 e. The van der Waals surface area contributed by atoms with Crippen LogP contribution in [-0.4, -0.2) is 42.6 Å². The highest BCUT2D eigenvalue weighted by molar-refractivity contribution is 5.69. The largest absolute Gasteiger partial charge is 1.00 e. The normalized spacial score (nSPS) is 10.7. The predicted octanol–water partition coefficient (Wildman–Crippen LogP) is -0.481. The molecule has 0 unspecified atom stereocenters. The number of carbonyl (C=O) groups is 1. The van der Waals surface area contributed by atoms with Crippen LogP contribution >= 0.6 is 0 Å². The van der Waals surface area contributed by atoms with E-state index in [-0.39, 0.29) is 40.6 Å². The molecular weight excluding hydrogens is 399 g/mol. The van der Waals surface area contributed by atoms with E-state index in [2.05, 4.69) is 0 Å². The van der Waals surface area contributed by atoms with Crippen molar-refractivity contribution >= 4 is 11.7 Å². The molecule has 0 saturated carbocycles. The fourth-order valence-electron chi connectivity index (χ4n) is 2.05. The summed E-state index contributed by atoms with van der Waals surface area (Å²) in [7, 11) is 3.93. The minimum atomic E-state index is -0.364. The molecule has 0 saturated heterocycles. The molecule has 22 heavy (non-hydrogen) atoms. The molecule has 6 nitrogen and oxygen atoms in total. The van der Waals surface area contributed by atoms with E-state index in [1.54, 1.807) is 18.2 Å². The van der Waals surface area contributed by atoms with E-state index in [1.165, 1.54) is 6.07 Å². The van der Waals surface area contributed by atoms with Gasteiger partial charge in [0.1, 0.15) is 19.7 Å².